The zero-order valence-electron chi connectivity index (χ0n) is 8.38. The van der Waals surface area contributed by atoms with Gasteiger partial charge in [0.25, 0.3) is 0 Å². The monoisotopic (exact) mass is 211 g/mol. The summed E-state index contributed by atoms with van der Waals surface area (Å²) in [7, 11) is 0. The van der Waals surface area contributed by atoms with E-state index in [-0.39, 0.29) is 5.75 Å². The Bertz CT molecular complexity index is 546. The number of benzene rings is 1. The van der Waals surface area contributed by atoms with Crippen LogP contribution in [0.1, 0.15) is 5.56 Å². The maximum Gasteiger partial charge on any atom is 0.131 e. The molecule has 0 aliphatic carbocycles. The Kier molecular flexibility index (Phi) is 2.70. The molecule has 0 bridgehead atoms. The Balaban J connectivity index is 2.24. The van der Waals surface area contributed by atoms with E-state index < -0.39 is 0 Å². The first-order valence-corrected chi connectivity index (χ1v) is 4.70. The van der Waals surface area contributed by atoms with Crippen LogP contribution < -0.4 is 5.32 Å². The van der Waals surface area contributed by atoms with Gasteiger partial charge in [0, 0.05) is 18.0 Å². The van der Waals surface area contributed by atoms with Crippen LogP contribution in [0, 0.1) is 11.3 Å². The van der Waals surface area contributed by atoms with Crippen LogP contribution in [-0.2, 0) is 0 Å². The highest BCUT2D eigenvalue weighted by molar-refractivity contribution is 5.59. The summed E-state index contributed by atoms with van der Waals surface area (Å²) in [5.41, 5.74) is 1.26. The zero-order valence-corrected chi connectivity index (χ0v) is 8.38. The molecule has 0 aliphatic rings. The van der Waals surface area contributed by atoms with Crippen molar-refractivity contribution in [2.45, 2.75) is 0 Å². The summed E-state index contributed by atoms with van der Waals surface area (Å²) >= 11 is 0. The lowest BCUT2D eigenvalue weighted by Gasteiger charge is -2.05. The molecule has 0 fully saturated rings. The predicted octanol–water partition coefficient (Wildman–Crippen LogP) is 2.40. The van der Waals surface area contributed by atoms with E-state index >= 15 is 0 Å². The fraction of sp³-hybridized carbons (Fsp3) is 0. The molecular formula is C12H9N3O. The average molecular weight is 211 g/mol. The van der Waals surface area contributed by atoms with Crippen molar-refractivity contribution in [2.75, 3.05) is 5.32 Å². The molecule has 1 aromatic carbocycles. The molecule has 2 N–H and O–H groups in total. The van der Waals surface area contributed by atoms with Crippen LogP contribution in [-0.4, -0.2) is 10.1 Å². The minimum Gasteiger partial charge on any atom is -0.508 e. The normalized spacial score (nSPS) is 9.44. The second kappa shape index (κ2) is 4.32. The van der Waals surface area contributed by atoms with E-state index in [0.29, 0.717) is 11.4 Å². The molecule has 0 amide bonds. The van der Waals surface area contributed by atoms with Gasteiger partial charge in [0.2, 0.25) is 0 Å². The number of rotatable bonds is 2. The Labute approximate surface area is 92.8 Å². The van der Waals surface area contributed by atoms with Crippen LogP contribution in [0.3, 0.4) is 0 Å². The molecule has 78 valence electrons. The summed E-state index contributed by atoms with van der Waals surface area (Å²) in [6, 6.07) is 12.0. The first-order valence-electron chi connectivity index (χ1n) is 4.70. The highest BCUT2D eigenvalue weighted by atomic mass is 16.3. The van der Waals surface area contributed by atoms with E-state index in [9.17, 15) is 5.11 Å². The Morgan fingerprint density at radius 2 is 2.12 bits per heavy atom. The van der Waals surface area contributed by atoms with E-state index in [2.05, 4.69) is 10.3 Å². The van der Waals surface area contributed by atoms with Crippen LogP contribution in [0.2, 0.25) is 0 Å². The van der Waals surface area contributed by atoms with Gasteiger partial charge >= 0.3 is 0 Å². The van der Waals surface area contributed by atoms with Crippen molar-refractivity contribution in [1.82, 2.24) is 4.98 Å². The van der Waals surface area contributed by atoms with Crippen molar-refractivity contribution < 1.29 is 5.11 Å². The summed E-state index contributed by atoms with van der Waals surface area (Å²) < 4.78 is 0. The fourth-order valence-corrected chi connectivity index (χ4v) is 1.30. The van der Waals surface area contributed by atoms with Gasteiger partial charge in [0.1, 0.15) is 11.6 Å². The van der Waals surface area contributed by atoms with Crippen molar-refractivity contribution in [3.8, 4) is 11.8 Å². The minimum atomic E-state index is 0.182. The lowest BCUT2D eigenvalue weighted by molar-refractivity contribution is 0.475. The number of phenols is 1. The Hall–Kier alpha value is -2.54. The highest BCUT2D eigenvalue weighted by Gasteiger charge is 1.98. The molecular weight excluding hydrogens is 202 g/mol. The SMILES string of the molecule is N#Cc1ccnc(Nc2cccc(O)c2)c1. The standard InChI is InChI=1S/C12H9N3O/c13-8-9-4-5-14-12(6-9)15-10-2-1-3-11(16)7-10/h1-7,16H,(H,14,15). The van der Waals surface area contributed by atoms with Crippen LogP contribution in [0.15, 0.2) is 42.6 Å². The molecule has 2 aromatic rings. The van der Waals surface area contributed by atoms with Gasteiger partial charge in [-0.25, -0.2) is 4.98 Å². The first-order chi connectivity index (χ1) is 7.78. The van der Waals surface area contributed by atoms with Crippen LogP contribution in [0.5, 0.6) is 5.75 Å². The lowest BCUT2D eigenvalue weighted by atomic mass is 10.2. The Morgan fingerprint density at radius 1 is 1.25 bits per heavy atom. The molecule has 4 heteroatoms. The highest BCUT2D eigenvalue weighted by Crippen LogP contribution is 2.19. The number of phenolic OH excluding ortho intramolecular Hbond substituents is 1. The third-order valence-electron chi connectivity index (χ3n) is 2.01. The van der Waals surface area contributed by atoms with E-state index in [1.165, 1.54) is 0 Å². The van der Waals surface area contributed by atoms with Gasteiger partial charge in [-0.05, 0) is 24.3 Å². The molecule has 0 radical (unpaired) electrons. The number of nitrogens with one attached hydrogen (secondary N) is 1. The van der Waals surface area contributed by atoms with Crippen molar-refractivity contribution in [1.29, 1.82) is 5.26 Å². The van der Waals surface area contributed by atoms with Crippen molar-refractivity contribution in [3.05, 3.63) is 48.2 Å². The maximum atomic E-state index is 9.28. The summed E-state index contributed by atoms with van der Waals surface area (Å²) in [6.07, 6.45) is 1.56. The average Bonchev–Trinajstić information content (AvgIpc) is 2.29. The summed E-state index contributed by atoms with van der Waals surface area (Å²) in [6.45, 7) is 0. The van der Waals surface area contributed by atoms with Crippen LogP contribution in [0.4, 0.5) is 11.5 Å². The van der Waals surface area contributed by atoms with E-state index in [1.807, 2.05) is 6.07 Å². The number of nitrogens with zero attached hydrogens (tertiary/aromatic N) is 2. The summed E-state index contributed by atoms with van der Waals surface area (Å²) in [5.74, 6) is 0.756. The van der Waals surface area contributed by atoms with Crippen molar-refractivity contribution in [2.24, 2.45) is 0 Å². The van der Waals surface area contributed by atoms with Crippen molar-refractivity contribution >= 4 is 11.5 Å². The lowest BCUT2D eigenvalue weighted by Crippen LogP contribution is -1.93. The first kappa shape index (κ1) is 9.99. The van der Waals surface area contributed by atoms with Crippen LogP contribution >= 0.6 is 0 Å². The number of aromatic hydroxyl groups is 1. The molecule has 16 heavy (non-hydrogen) atoms. The molecule has 0 saturated heterocycles. The fourth-order valence-electron chi connectivity index (χ4n) is 1.30. The number of nitriles is 1. The molecule has 0 saturated carbocycles. The molecule has 2 rings (SSSR count). The number of aromatic nitrogens is 1. The third-order valence-corrected chi connectivity index (χ3v) is 2.01. The van der Waals surface area contributed by atoms with E-state index in [1.54, 1.807) is 42.6 Å². The number of hydrogen-bond acceptors (Lipinski definition) is 4. The molecule has 0 unspecified atom stereocenters. The van der Waals surface area contributed by atoms with Gasteiger partial charge in [0.15, 0.2) is 0 Å². The minimum absolute atomic E-state index is 0.182. The maximum absolute atomic E-state index is 9.28. The van der Waals surface area contributed by atoms with Gasteiger partial charge in [-0.15, -0.1) is 0 Å². The summed E-state index contributed by atoms with van der Waals surface area (Å²) in [5, 5.41) is 21.0. The third kappa shape index (κ3) is 2.28. The van der Waals surface area contributed by atoms with Gasteiger partial charge in [-0.2, -0.15) is 5.26 Å². The summed E-state index contributed by atoms with van der Waals surface area (Å²) in [4.78, 5) is 4.07. The predicted molar refractivity (Wildman–Crippen MR) is 60.3 cm³/mol. The molecule has 0 atom stereocenters. The van der Waals surface area contributed by atoms with Gasteiger partial charge in [0.05, 0.1) is 11.6 Å². The topological polar surface area (TPSA) is 68.9 Å². The molecule has 1 heterocycles. The number of anilines is 2. The second-order valence-corrected chi connectivity index (χ2v) is 3.22. The smallest absolute Gasteiger partial charge is 0.131 e. The Morgan fingerprint density at radius 3 is 2.88 bits per heavy atom. The molecule has 0 aliphatic heterocycles. The van der Waals surface area contributed by atoms with Gasteiger partial charge < -0.3 is 10.4 Å². The molecule has 4 nitrogen and oxygen atoms in total. The van der Waals surface area contributed by atoms with Gasteiger partial charge in [-0.1, -0.05) is 6.07 Å². The quantitative estimate of drug-likeness (QED) is 0.800. The molecule has 1 aromatic heterocycles. The zero-order chi connectivity index (χ0) is 11.4. The van der Waals surface area contributed by atoms with Crippen molar-refractivity contribution in [3.63, 3.8) is 0 Å². The van der Waals surface area contributed by atoms with E-state index in [0.717, 1.165) is 5.69 Å². The van der Waals surface area contributed by atoms with E-state index in [4.69, 9.17) is 5.26 Å². The largest absolute Gasteiger partial charge is 0.508 e. The second-order valence-electron chi connectivity index (χ2n) is 3.22. The molecule has 0 spiro atoms. The van der Waals surface area contributed by atoms with Gasteiger partial charge in [-0.3, -0.25) is 0 Å². The number of pyridine rings is 1. The van der Waals surface area contributed by atoms with Crippen LogP contribution in [0.25, 0.3) is 0 Å². The number of hydrogen-bond donors (Lipinski definition) is 2.